The summed E-state index contributed by atoms with van der Waals surface area (Å²) in [6, 6.07) is 2.09. The van der Waals surface area contributed by atoms with Gasteiger partial charge in [0, 0.05) is 6.07 Å². The van der Waals surface area contributed by atoms with Crippen LogP contribution in [-0.4, -0.2) is 17.4 Å². The van der Waals surface area contributed by atoms with E-state index in [0.717, 1.165) is 12.1 Å². The van der Waals surface area contributed by atoms with Crippen LogP contribution in [0.4, 0.5) is 13.2 Å². The largest absolute Gasteiger partial charge is 0.476 e. The van der Waals surface area contributed by atoms with Crippen molar-refractivity contribution < 1.29 is 27.8 Å². The highest BCUT2D eigenvalue weighted by Gasteiger charge is 2.19. The molecule has 0 aliphatic carbocycles. The third-order valence-corrected chi connectivity index (χ3v) is 1.32. The Hall–Kier alpha value is -1.72. The van der Waals surface area contributed by atoms with Crippen molar-refractivity contribution in [2.45, 2.75) is 6.36 Å². The zero-order valence-electron chi connectivity index (χ0n) is 6.71. The Bertz CT molecular complexity index is 354. The summed E-state index contributed by atoms with van der Waals surface area (Å²) < 4.78 is 41.6. The van der Waals surface area contributed by atoms with Crippen LogP contribution in [0.15, 0.2) is 18.2 Å². The Morgan fingerprint density at radius 1 is 1.43 bits per heavy atom. The van der Waals surface area contributed by atoms with Crippen LogP contribution < -0.4 is 4.74 Å². The van der Waals surface area contributed by atoms with Gasteiger partial charge in [-0.2, -0.15) is 4.39 Å². The average molecular weight is 206 g/mol. The summed E-state index contributed by atoms with van der Waals surface area (Å²) >= 11 is 0. The van der Waals surface area contributed by atoms with Crippen LogP contribution in [0.1, 0.15) is 0 Å². The van der Waals surface area contributed by atoms with Crippen LogP contribution in [0.5, 0.6) is 5.75 Å². The summed E-state index contributed by atoms with van der Waals surface area (Å²) in [4.78, 5) is 9.99. The lowest BCUT2D eigenvalue weighted by molar-refractivity contribution is -0.153. The molecular weight excluding hydrogens is 201 g/mol. The third-order valence-electron chi connectivity index (χ3n) is 1.32. The van der Waals surface area contributed by atoms with E-state index in [1.54, 1.807) is 0 Å². The van der Waals surface area contributed by atoms with Gasteiger partial charge in [-0.05, 0) is 12.1 Å². The van der Waals surface area contributed by atoms with E-state index < -0.39 is 29.7 Å². The second-order valence-corrected chi connectivity index (χ2v) is 2.35. The zero-order valence-corrected chi connectivity index (χ0v) is 6.71. The Morgan fingerprint density at radius 2 is 2.07 bits per heavy atom. The van der Waals surface area contributed by atoms with E-state index in [-0.39, 0.29) is 0 Å². The normalized spacial score (nSPS) is 12.2. The highest BCUT2D eigenvalue weighted by molar-refractivity contribution is 5.70. The quantitative estimate of drug-likeness (QED) is 0.818. The molecule has 6 heteroatoms. The van der Waals surface area contributed by atoms with E-state index in [9.17, 15) is 18.0 Å². The predicted octanol–water partition coefficient (Wildman–Crippen LogP) is 1.72. The predicted molar refractivity (Wildman–Crippen MR) is 39.5 cm³/mol. The first-order valence-electron chi connectivity index (χ1n) is 3.49. The molecule has 0 aromatic heterocycles. The van der Waals surface area contributed by atoms with Crippen molar-refractivity contribution in [1.82, 2.24) is 0 Å². The first-order chi connectivity index (χ1) is 6.50. The SMILES string of the molecule is O=C(O)C(F)Oc1ccc(F)cc1F. The minimum absolute atomic E-state index is 0.462. The van der Waals surface area contributed by atoms with Crippen LogP contribution in [0, 0.1) is 11.6 Å². The smallest absolute Gasteiger partial charge is 0.378 e. The molecule has 0 amide bonds. The zero-order chi connectivity index (χ0) is 10.7. The van der Waals surface area contributed by atoms with Crippen molar-refractivity contribution in [3.63, 3.8) is 0 Å². The first kappa shape index (κ1) is 10.4. The van der Waals surface area contributed by atoms with E-state index in [1.165, 1.54) is 0 Å². The van der Waals surface area contributed by atoms with Gasteiger partial charge in [-0.15, -0.1) is 0 Å². The Morgan fingerprint density at radius 3 is 2.57 bits per heavy atom. The lowest BCUT2D eigenvalue weighted by Crippen LogP contribution is -2.21. The number of ether oxygens (including phenoxy) is 1. The molecule has 0 saturated carbocycles. The maximum absolute atomic E-state index is 12.7. The fourth-order valence-electron chi connectivity index (χ4n) is 0.733. The van der Waals surface area contributed by atoms with Gasteiger partial charge in [0.25, 0.3) is 0 Å². The highest BCUT2D eigenvalue weighted by atomic mass is 19.2. The van der Waals surface area contributed by atoms with Gasteiger partial charge < -0.3 is 9.84 Å². The molecule has 0 heterocycles. The lowest BCUT2D eigenvalue weighted by atomic mass is 10.3. The van der Waals surface area contributed by atoms with Crippen LogP contribution in [0.25, 0.3) is 0 Å². The van der Waals surface area contributed by atoms with E-state index in [4.69, 9.17) is 5.11 Å². The fourth-order valence-corrected chi connectivity index (χ4v) is 0.733. The summed E-state index contributed by atoms with van der Waals surface area (Å²) in [6.07, 6.45) is -2.67. The van der Waals surface area contributed by atoms with Crippen LogP contribution >= 0.6 is 0 Å². The standard InChI is InChI=1S/C8H5F3O3/c9-4-1-2-6(5(10)3-4)14-7(11)8(12)13/h1-3,7H,(H,12,13). The lowest BCUT2D eigenvalue weighted by Gasteiger charge is -2.07. The van der Waals surface area contributed by atoms with Gasteiger partial charge in [0.1, 0.15) is 5.82 Å². The van der Waals surface area contributed by atoms with Crippen molar-refractivity contribution in [3.05, 3.63) is 29.8 Å². The molecule has 1 N–H and O–H groups in total. The van der Waals surface area contributed by atoms with E-state index in [1.807, 2.05) is 0 Å². The van der Waals surface area contributed by atoms with Gasteiger partial charge in [-0.1, -0.05) is 0 Å². The number of benzene rings is 1. The van der Waals surface area contributed by atoms with Gasteiger partial charge in [0.05, 0.1) is 0 Å². The van der Waals surface area contributed by atoms with Crippen molar-refractivity contribution in [1.29, 1.82) is 0 Å². The van der Waals surface area contributed by atoms with Crippen molar-refractivity contribution in [3.8, 4) is 5.75 Å². The molecule has 1 aromatic rings. The molecule has 0 saturated heterocycles. The summed E-state index contributed by atoms with van der Waals surface area (Å²) in [6.45, 7) is 0. The summed E-state index contributed by atoms with van der Waals surface area (Å²) in [7, 11) is 0. The number of carbonyl (C=O) groups is 1. The van der Waals surface area contributed by atoms with Crippen LogP contribution in [0.3, 0.4) is 0 Å². The number of hydrogen-bond acceptors (Lipinski definition) is 2. The van der Waals surface area contributed by atoms with Crippen LogP contribution in [-0.2, 0) is 4.79 Å². The monoisotopic (exact) mass is 206 g/mol. The maximum atomic E-state index is 12.7. The third kappa shape index (κ3) is 2.38. The van der Waals surface area contributed by atoms with Gasteiger partial charge in [-0.3, -0.25) is 0 Å². The Kier molecular flexibility index (Phi) is 2.95. The Balaban J connectivity index is 2.82. The fraction of sp³-hybridized carbons (Fsp3) is 0.125. The van der Waals surface area contributed by atoms with Crippen LogP contribution in [0.2, 0.25) is 0 Å². The number of aliphatic carboxylic acids is 1. The minimum Gasteiger partial charge on any atom is -0.476 e. The number of hydrogen-bond donors (Lipinski definition) is 1. The number of rotatable bonds is 3. The molecular formula is C8H5F3O3. The number of carboxylic acids is 1. The summed E-state index contributed by atoms with van der Waals surface area (Å²) in [5.74, 6) is -4.55. The van der Waals surface area contributed by atoms with Gasteiger partial charge >= 0.3 is 12.3 Å². The molecule has 3 nitrogen and oxygen atoms in total. The first-order valence-corrected chi connectivity index (χ1v) is 3.49. The number of alkyl halides is 1. The molecule has 1 atom stereocenters. The highest BCUT2D eigenvalue weighted by Crippen LogP contribution is 2.19. The average Bonchev–Trinajstić information content (AvgIpc) is 2.09. The molecule has 0 bridgehead atoms. The number of carboxylic acid groups (broad SMARTS) is 1. The molecule has 0 fully saturated rings. The molecule has 1 unspecified atom stereocenters. The molecule has 1 rings (SSSR count). The second kappa shape index (κ2) is 3.99. The molecule has 14 heavy (non-hydrogen) atoms. The van der Waals surface area contributed by atoms with E-state index >= 15 is 0 Å². The number of halogens is 3. The van der Waals surface area contributed by atoms with E-state index in [2.05, 4.69) is 4.74 Å². The van der Waals surface area contributed by atoms with Crippen molar-refractivity contribution in [2.24, 2.45) is 0 Å². The Labute approximate surface area is 76.7 Å². The second-order valence-electron chi connectivity index (χ2n) is 2.35. The molecule has 0 aliphatic rings. The molecule has 1 aromatic carbocycles. The minimum atomic E-state index is -2.67. The van der Waals surface area contributed by atoms with Gasteiger partial charge in [-0.25, -0.2) is 13.6 Å². The van der Waals surface area contributed by atoms with Gasteiger partial charge in [0.2, 0.25) is 0 Å². The topological polar surface area (TPSA) is 46.5 Å². The maximum Gasteiger partial charge on any atom is 0.378 e. The molecule has 0 radical (unpaired) electrons. The molecule has 0 aliphatic heterocycles. The van der Waals surface area contributed by atoms with Gasteiger partial charge in [0.15, 0.2) is 11.6 Å². The summed E-state index contributed by atoms with van der Waals surface area (Å²) in [5.41, 5.74) is 0. The molecule has 76 valence electrons. The van der Waals surface area contributed by atoms with Crippen molar-refractivity contribution >= 4 is 5.97 Å². The van der Waals surface area contributed by atoms with Crippen molar-refractivity contribution in [2.75, 3.05) is 0 Å². The van der Waals surface area contributed by atoms with E-state index in [0.29, 0.717) is 6.07 Å². The summed E-state index contributed by atoms with van der Waals surface area (Å²) in [5, 5.41) is 8.09. The molecule has 0 spiro atoms.